The van der Waals surface area contributed by atoms with Gasteiger partial charge in [0, 0.05) is 13.3 Å². The summed E-state index contributed by atoms with van der Waals surface area (Å²) in [6.07, 6.45) is 5.57. The predicted octanol–water partition coefficient (Wildman–Crippen LogP) is 2.88. The fourth-order valence-corrected chi connectivity index (χ4v) is 1.11. The summed E-state index contributed by atoms with van der Waals surface area (Å²) >= 11 is 0. The minimum atomic E-state index is 1.17. The Bertz CT molecular complexity index is 161. The van der Waals surface area contributed by atoms with Gasteiger partial charge < -0.3 is 0 Å². The molecule has 0 N–H and O–H groups in total. The first-order valence-corrected chi connectivity index (χ1v) is 3.47. The van der Waals surface area contributed by atoms with Crippen molar-refractivity contribution in [2.75, 3.05) is 0 Å². The lowest BCUT2D eigenvalue weighted by atomic mass is 10.0. The Balaban J connectivity index is 2.79. The van der Waals surface area contributed by atoms with Crippen molar-refractivity contribution in [1.29, 1.82) is 0 Å². The Morgan fingerprint density at radius 3 is 2.44 bits per heavy atom. The van der Waals surface area contributed by atoms with Crippen LogP contribution in [-0.2, 0) is 0 Å². The molecule has 9 heavy (non-hydrogen) atoms. The predicted molar refractivity (Wildman–Crippen MR) is 41.0 cm³/mol. The van der Waals surface area contributed by atoms with E-state index in [0.717, 1.165) is 0 Å². The monoisotopic (exact) mass is 121 g/mol. The highest BCUT2D eigenvalue weighted by atomic mass is 14.1. The summed E-state index contributed by atoms with van der Waals surface area (Å²) in [6, 6.07) is 0. The minimum absolute atomic E-state index is 1.17. The Labute approximate surface area is 57.3 Å². The van der Waals surface area contributed by atoms with Gasteiger partial charge in [-0.05, 0) is 13.8 Å². The molecular weight excluding hydrogens is 108 g/mol. The van der Waals surface area contributed by atoms with Crippen molar-refractivity contribution in [3.8, 4) is 0 Å². The van der Waals surface area contributed by atoms with Crippen LogP contribution in [0.25, 0.3) is 0 Å². The van der Waals surface area contributed by atoms with E-state index in [0.29, 0.717) is 0 Å². The molecule has 0 heterocycles. The topological polar surface area (TPSA) is 0 Å². The molecule has 0 unspecified atom stereocenters. The van der Waals surface area contributed by atoms with Gasteiger partial charge in [-0.25, -0.2) is 0 Å². The molecule has 0 bridgehead atoms. The van der Waals surface area contributed by atoms with Crippen LogP contribution in [0.5, 0.6) is 0 Å². The second-order valence-corrected chi connectivity index (χ2v) is 2.52. The molecule has 0 saturated carbocycles. The highest BCUT2D eigenvalue weighted by Crippen LogP contribution is 2.27. The van der Waals surface area contributed by atoms with Crippen LogP contribution < -0.4 is 0 Å². The SMILES string of the molecule is CCC1=C(C)[C+](C)C=C1. The first-order valence-electron chi connectivity index (χ1n) is 3.47. The third kappa shape index (κ3) is 1.02. The average molecular weight is 121 g/mol. The highest BCUT2D eigenvalue weighted by molar-refractivity contribution is 5.46. The zero-order valence-corrected chi connectivity index (χ0v) is 6.36. The summed E-state index contributed by atoms with van der Waals surface area (Å²) in [5.74, 6) is 1.42. The van der Waals surface area contributed by atoms with Crippen LogP contribution in [0.2, 0.25) is 0 Å². The lowest BCUT2D eigenvalue weighted by Gasteiger charge is -1.92. The lowest BCUT2D eigenvalue weighted by Crippen LogP contribution is -1.84. The fraction of sp³-hybridized carbons (Fsp3) is 0.444. The van der Waals surface area contributed by atoms with Crippen LogP contribution in [0.3, 0.4) is 0 Å². The van der Waals surface area contributed by atoms with E-state index in [9.17, 15) is 0 Å². The standard InChI is InChI=1S/C9H13/c1-4-9-6-5-7(2)8(9)3/h5-6H,4H2,1-3H3/q+1. The Hall–Kier alpha value is -0.650. The molecule has 48 valence electrons. The van der Waals surface area contributed by atoms with Gasteiger partial charge in [-0.3, -0.25) is 0 Å². The smallest absolute Gasteiger partial charge is 0.0483 e. The second-order valence-electron chi connectivity index (χ2n) is 2.52. The molecule has 0 aliphatic heterocycles. The van der Waals surface area contributed by atoms with Gasteiger partial charge in [-0.1, -0.05) is 0 Å². The summed E-state index contributed by atoms with van der Waals surface area (Å²) < 4.78 is 0. The highest BCUT2D eigenvalue weighted by Gasteiger charge is 2.19. The third-order valence-electron chi connectivity index (χ3n) is 1.99. The molecule has 0 atom stereocenters. The minimum Gasteiger partial charge on any atom is -0.0483 e. The van der Waals surface area contributed by atoms with Gasteiger partial charge in [-0.15, -0.1) is 0 Å². The van der Waals surface area contributed by atoms with E-state index in [-0.39, 0.29) is 0 Å². The Morgan fingerprint density at radius 2 is 2.22 bits per heavy atom. The maximum atomic E-state index is 2.21. The van der Waals surface area contributed by atoms with Crippen molar-refractivity contribution in [2.45, 2.75) is 27.2 Å². The van der Waals surface area contributed by atoms with Gasteiger partial charge in [-0.2, -0.15) is 0 Å². The maximum Gasteiger partial charge on any atom is 0.0960 e. The second kappa shape index (κ2) is 2.30. The maximum absolute atomic E-state index is 2.21. The molecule has 0 aromatic heterocycles. The van der Waals surface area contributed by atoms with Crippen molar-refractivity contribution in [3.63, 3.8) is 0 Å². The zero-order chi connectivity index (χ0) is 6.85. The van der Waals surface area contributed by atoms with E-state index >= 15 is 0 Å². The van der Waals surface area contributed by atoms with E-state index < -0.39 is 0 Å². The van der Waals surface area contributed by atoms with E-state index in [1.165, 1.54) is 23.5 Å². The van der Waals surface area contributed by atoms with E-state index in [1.807, 2.05) is 0 Å². The van der Waals surface area contributed by atoms with Crippen molar-refractivity contribution in [1.82, 2.24) is 0 Å². The van der Waals surface area contributed by atoms with Gasteiger partial charge in [0.25, 0.3) is 0 Å². The molecule has 0 spiro atoms. The van der Waals surface area contributed by atoms with Gasteiger partial charge in [0.05, 0.1) is 29.2 Å². The summed E-state index contributed by atoms with van der Waals surface area (Å²) in [6.45, 7) is 6.55. The molecule has 0 saturated heterocycles. The van der Waals surface area contributed by atoms with Crippen molar-refractivity contribution >= 4 is 0 Å². The Kier molecular flexibility index (Phi) is 1.65. The average Bonchev–Trinajstić information content (AvgIpc) is 2.15. The van der Waals surface area contributed by atoms with Crippen molar-refractivity contribution in [2.24, 2.45) is 0 Å². The molecule has 0 amide bonds. The number of allylic oxidation sites excluding steroid dienone is 4. The van der Waals surface area contributed by atoms with E-state index in [4.69, 9.17) is 0 Å². The Morgan fingerprint density at radius 1 is 1.56 bits per heavy atom. The molecular formula is C9H13+. The van der Waals surface area contributed by atoms with Crippen LogP contribution in [0.4, 0.5) is 0 Å². The molecule has 0 heteroatoms. The molecule has 0 radical (unpaired) electrons. The number of rotatable bonds is 1. The quantitative estimate of drug-likeness (QED) is 0.468. The first kappa shape index (κ1) is 6.47. The molecule has 1 aliphatic carbocycles. The summed E-state index contributed by atoms with van der Waals surface area (Å²) in [5.41, 5.74) is 2.96. The fourth-order valence-electron chi connectivity index (χ4n) is 1.11. The number of hydrogen-bond acceptors (Lipinski definition) is 0. The number of hydrogen-bond donors (Lipinski definition) is 0. The van der Waals surface area contributed by atoms with Crippen LogP contribution in [0.1, 0.15) is 27.2 Å². The molecule has 1 aliphatic rings. The molecule has 1 rings (SSSR count). The molecule has 0 aromatic carbocycles. The normalized spacial score (nSPS) is 17.9. The zero-order valence-electron chi connectivity index (χ0n) is 6.36. The summed E-state index contributed by atoms with van der Waals surface area (Å²) in [4.78, 5) is 0. The molecule has 0 nitrogen and oxygen atoms in total. The van der Waals surface area contributed by atoms with Crippen LogP contribution in [-0.4, -0.2) is 0 Å². The van der Waals surface area contributed by atoms with E-state index in [2.05, 4.69) is 32.9 Å². The van der Waals surface area contributed by atoms with Crippen molar-refractivity contribution < 1.29 is 0 Å². The molecule has 0 aromatic rings. The lowest BCUT2D eigenvalue weighted by molar-refractivity contribution is 1.10. The van der Waals surface area contributed by atoms with E-state index in [1.54, 1.807) is 0 Å². The van der Waals surface area contributed by atoms with Gasteiger partial charge in [0.2, 0.25) is 0 Å². The summed E-state index contributed by atoms with van der Waals surface area (Å²) in [5, 5.41) is 0. The van der Waals surface area contributed by atoms with Crippen molar-refractivity contribution in [3.05, 3.63) is 29.2 Å². The van der Waals surface area contributed by atoms with Gasteiger partial charge in [0.15, 0.2) is 0 Å². The third-order valence-corrected chi connectivity index (χ3v) is 1.99. The van der Waals surface area contributed by atoms with Gasteiger partial charge >= 0.3 is 0 Å². The summed E-state index contributed by atoms with van der Waals surface area (Å²) in [7, 11) is 0. The molecule has 0 fully saturated rings. The first-order chi connectivity index (χ1) is 4.25. The van der Waals surface area contributed by atoms with Gasteiger partial charge in [0.1, 0.15) is 0 Å². The van der Waals surface area contributed by atoms with Crippen LogP contribution >= 0.6 is 0 Å². The van der Waals surface area contributed by atoms with Crippen LogP contribution in [0, 0.1) is 5.92 Å². The largest absolute Gasteiger partial charge is 0.0960 e. The van der Waals surface area contributed by atoms with Crippen LogP contribution in [0.15, 0.2) is 23.3 Å².